The highest BCUT2D eigenvalue weighted by molar-refractivity contribution is 5.94. The first-order valence-corrected chi connectivity index (χ1v) is 9.33. The Labute approximate surface area is 157 Å². The second-order valence-electron chi connectivity index (χ2n) is 9.65. The summed E-state index contributed by atoms with van der Waals surface area (Å²) in [5, 5.41) is 30.7. The Morgan fingerprint density at radius 2 is 1.38 bits per heavy atom. The van der Waals surface area contributed by atoms with Crippen LogP contribution in [0.2, 0.25) is 0 Å². The molecule has 0 fully saturated rings. The van der Waals surface area contributed by atoms with Crippen molar-refractivity contribution in [2.24, 2.45) is 10.8 Å². The van der Waals surface area contributed by atoms with Crippen LogP contribution in [0.5, 0.6) is 0 Å². The summed E-state index contributed by atoms with van der Waals surface area (Å²) in [5.41, 5.74) is -0.456. The number of aliphatic hydroxyl groups is 3. The molecule has 0 aromatic carbocycles. The summed E-state index contributed by atoms with van der Waals surface area (Å²) < 4.78 is 5.32. The molecule has 0 bridgehead atoms. The normalized spacial score (nSPS) is 17.3. The third-order valence-electron chi connectivity index (χ3n) is 4.10. The van der Waals surface area contributed by atoms with E-state index in [1.165, 1.54) is 6.92 Å². The Morgan fingerprint density at radius 3 is 1.81 bits per heavy atom. The number of hydrogen-bond donors (Lipinski definition) is 3. The molecule has 0 saturated carbocycles. The lowest BCUT2D eigenvalue weighted by Crippen LogP contribution is -2.34. The Kier molecular flexibility index (Phi) is 9.99. The minimum atomic E-state index is -0.874. The molecule has 6 heteroatoms. The van der Waals surface area contributed by atoms with Crippen molar-refractivity contribution in [1.82, 2.24) is 0 Å². The Morgan fingerprint density at radius 1 is 0.885 bits per heavy atom. The molecular formula is C20H38O6. The molecular weight excluding hydrogens is 336 g/mol. The second-order valence-corrected chi connectivity index (χ2v) is 9.65. The van der Waals surface area contributed by atoms with Crippen molar-refractivity contribution in [2.45, 2.75) is 105 Å². The maximum atomic E-state index is 11.8. The van der Waals surface area contributed by atoms with Crippen LogP contribution >= 0.6 is 0 Å². The van der Waals surface area contributed by atoms with Gasteiger partial charge < -0.3 is 20.1 Å². The van der Waals surface area contributed by atoms with Crippen LogP contribution < -0.4 is 0 Å². The summed E-state index contributed by atoms with van der Waals surface area (Å²) in [5.74, 6) is -0.957. The van der Waals surface area contributed by atoms with Crippen molar-refractivity contribution in [3.05, 3.63) is 0 Å². The van der Waals surface area contributed by atoms with E-state index in [9.17, 15) is 24.9 Å². The first kappa shape index (κ1) is 25.0. The summed E-state index contributed by atoms with van der Waals surface area (Å²) in [4.78, 5) is 22.9. The Hall–Kier alpha value is -0.980. The third-order valence-corrected chi connectivity index (χ3v) is 4.10. The van der Waals surface area contributed by atoms with E-state index in [-0.39, 0.29) is 42.3 Å². The molecule has 3 N–H and O–H groups in total. The summed E-state index contributed by atoms with van der Waals surface area (Å²) in [6.45, 7) is 12.9. The van der Waals surface area contributed by atoms with Crippen LogP contribution in [-0.4, -0.2) is 51.5 Å². The summed E-state index contributed by atoms with van der Waals surface area (Å²) in [6, 6.07) is 0. The average Bonchev–Trinajstić information content (AvgIpc) is 2.32. The van der Waals surface area contributed by atoms with Crippen LogP contribution in [0.3, 0.4) is 0 Å². The van der Waals surface area contributed by atoms with Gasteiger partial charge in [0.25, 0.3) is 0 Å². The van der Waals surface area contributed by atoms with Crippen molar-refractivity contribution in [1.29, 1.82) is 0 Å². The monoisotopic (exact) mass is 374 g/mol. The number of ketones is 1. The summed E-state index contributed by atoms with van der Waals surface area (Å²) in [6.07, 6.45) is -2.33. The van der Waals surface area contributed by atoms with Gasteiger partial charge in [-0.15, -0.1) is 0 Å². The van der Waals surface area contributed by atoms with Crippen molar-refractivity contribution in [2.75, 3.05) is 0 Å². The highest BCUT2D eigenvalue weighted by Crippen LogP contribution is 2.27. The number of esters is 1. The number of carbonyl (C=O) groups is 2. The topological polar surface area (TPSA) is 104 Å². The third kappa shape index (κ3) is 12.4. The van der Waals surface area contributed by atoms with Crippen LogP contribution in [-0.2, 0) is 14.3 Å². The van der Waals surface area contributed by atoms with E-state index in [4.69, 9.17) is 4.74 Å². The van der Waals surface area contributed by atoms with Gasteiger partial charge in [-0.05, 0) is 30.6 Å². The quantitative estimate of drug-likeness (QED) is 0.401. The van der Waals surface area contributed by atoms with Gasteiger partial charge in [0.2, 0.25) is 0 Å². The van der Waals surface area contributed by atoms with Crippen LogP contribution in [0.25, 0.3) is 0 Å². The molecule has 0 rings (SSSR count). The molecule has 0 aliphatic rings. The van der Waals surface area contributed by atoms with Gasteiger partial charge in [-0.1, -0.05) is 41.5 Å². The number of Topliss-reactive ketones (excluding diaryl/α,β-unsaturated/α-hetero) is 1. The van der Waals surface area contributed by atoms with Crippen LogP contribution in [0, 0.1) is 10.8 Å². The van der Waals surface area contributed by atoms with E-state index < -0.39 is 30.4 Å². The minimum absolute atomic E-state index is 0.0889. The molecule has 4 atom stereocenters. The van der Waals surface area contributed by atoms with Gasteiger partial charge in [-0.2, -0.15) is 0 Å². The first-order valence-electron chi connectivity index (χ1n) is 9.33. The highest BCUT2D eigenvalue weighted by Gasteiger charge is 2.29. The smallest absolute Gasteiger partial charge is 0.313 e. The molecule has 0 amide bonds. The van der Waals surface area contributed by atoms with E-state index >= 15 is 0 Å². The van der Waals surface area contributed by atoms with Gasteiger partial charge in [0.15, 0.2) is 0 Å². The SMILES string of the molecule is CC(=O)CC(=O)OC(CC(O)CC(O)C(C)(C)C)CC(O)CC(C)(C)C. The van der Waals surface area contributed by atoms with Crippen molar-refractivity contribution in [3.8, 4) is 0 Å². The molecule has 0 aromatic rings. The molecule has 4 unspecified atom stereocenters. The molecule has 0 saturated heterocycles. The average molecular weight is 375 g/mol. The second kappa shape index (κ2) is 10.4. The number of carbonyl (C=O) groups excluding carboxylic acids is 2. The predicted octanol–water partition coefficient (Wildman–Crippen LogP) is 2.61. The molecule has 0 heterocycles. The molecule has 0 spiro atoms. The fourth-order valence-corrected chi connectivity index (χ4v) is 2.73. The van der Waals surface area contributed by atoms with E-state index in [0.717, 1.165) is 0 Å². The van der Waals surface area contributed by atoms with Crippen molar-refractivity contribution >= 4 is 11.8 Å². The molecule has 6 nitrogen and oxygen atoms in total. The zero-order valence-electron chi connectivity index (χ0n) is 17.4. The largest absolute Gasteiger partial charge is 0.462 e. The zero-order chi connectivity index (χ0) is 20.7. The van der Waals surface area contributed by atoms with Gasteiger partial charge in [0, 0.05) is 12.8 Å². The Bertz CT molecular complexity index is 446. The lowest BCUT2D eigenvalue weighted by molar-refractivity contribution is -0.153. The van der Waals surface area contributed by atoms with E-state index in [2.05, 4.69) is 0 Å². The first-order chi connectivity index (χ1) is 11.6. The maximum absolute atomic E-state index is 11.8. The van der Waals surface area contributed by atoms with Gasteiger partial charge in [-0.25, -0.2) is 0 Å². The molecule has 26 heavy (non-hydrogen) atoms. The lowest BCUT2D eigenvalue weighted by Gasteiger charge is -2.30. The lowest BCUT2D eigenvalue weighted by atomic mass is 9.84. The Balaban J connectivity index is 4.90. The van der Waals surface area contributed by atoms with E-state index in [1.54, 1.807) is 0 Å². The van der Waals surface area contributed by atoms with Gasteiger partial charge in [0.05, 0.1) is 18.3 Å². The van der Waals surface area contributed by atoms with Gasteiger partial charge >= 0.3 is 5.97 Å². The number of ether oxygens (including phenoxy) is 1. The van der Waals surface area contributed by atoms with E-state index in [1.807, 2.05) is 41.5 Å². The van der Waals surface area contributed by atoms with Gasteiger partial charge in [-0.3, -0.25) is 9.59 Å². The summed E-state index contributed by atoms with van der Waals surface area (Å²) >= 11 is 0. The number of hydrogen-bond acceptors (Lipinski definition) is 6. The predicted molar refractivity (Wildman–Crippen MR) is 101 cm³/mol. The fourth-order valence-electron chi connectivity index (χ4n) is 2.73. The van der Waals surface area contributed by atoms with Crippen LogP contribution in [0.1, 0.15) is 80.6 Å². The van der Waals surface area contributed by atoms with Crippen molar-refractivity contribution < 1.29 is 29.6 Å². The molecule has 154 valence electrons. The summed E-state index contributed by atoms with van der Waals surface area (Å²) in [7, 11) is 0. The maximum Gasteiger partial charge on any atom is 0.313 e. The van der Waals surface area contributed by atoms with Crippen molar-refractivity contribution in [3.63, 3.8) is 0 Å². The standard InChI is InChI=1S/C20H38O6/c1-13(21)8-18(25)26-16(10-15(23)12-19(2,3)4)9-14(22)11-17(24)20(5,6)7/h14-17,22-24H,8-12H2,1-7H3. The zero-order valence-corrected chi connectivity index (χ0v) is 17.4. The van der Waals surface area contributed by atoms with Crippen LogP contribution in [0.15, 0.2) is 0 Å². The highest BCUT2D eigenvalue weighted by atomic mass is 16.5. The minimum Gasteiger partial charge on any atom is -0.462 e. The van der Waals surface area contributed by atoms with E-state index in [0.29, 0.717) is 6.42 Å². The fraction of sp³-hybridized carbons (Fsp3) is 0.900. The van der Waals surface area contributed by atoms with Gasteiger partial charge in [0.1, 0.15) is 18.3 Å². The molecule has 0 aliphatic carbocycles. The molecule has 0 aromatic heterocycles. The number of rotatable bonds is 10. The number of aliphatic hydroxyl groups excluding tert-OH is 3. The molecule has 0 radical (unpaired) electrons. The van der Waals surface area contributed by atoms with Crippen LogP contribution in [0.4, 0.5) is 0 Å². The molecule has 0 aliphatic heterocycles.